The highest BCUT2D eigenvalue weighted by molar-refractivity contribution is 7.13. The van der Waals surface area contributed by atoms with Crippen LogP contribution in [0, 0.1) is 6.92 Å². The number of fused-ring (bicyclic) bond motifs is 1. The predicted molar refractivity (Wildman–Crippen MR) is 94.3 cm³/mol. The molecule has 0 spiro atoms. The van der Waals surface area contributed by atoms with E-state index in [0.717, 1.165) is 0 Å². The van der Waals surface area contributed by atoms with Gasteiger partial charge in [0, 0.05) is 17.9 Å². The van der Waals surface area contributed by atoms with Gasteiger partial charge in [-0.15, -0.1) is 21.5 Å². The summed E-state index contributed by atoms with van der Waals surface area (Å²) < 4.78 is 21.8. The van der Waals surface area contributed by atoms with Crippen LogP contribution in [0.5, 0.6) is 17.2 Å². The van der Waals surface area contributed by atoms with Crippen molar-refractivity contribution in [1.82, 2.24) is 10.2 Å². The Morgan fingerprint density at radius 1 is 1.27 bits per heavy atom. The van der Waals surface area contributed by atoms with Gasteiger partial charge in [0.1, 0.15) is 23.8 Å². The van der Waals surface area contributed by atoms with Crippen molar-refractivity contribution in [3.8, 4) is 28.7 Å². The second kappa shape index (κ2) is 6.68. The molecular formula is C17H15N3O5S. The number of nitrogens with one attached hydrogen (secondary N) is 1. The number of aryl methyl sites for hydroxylation is 1. The third-order valence-electron chi connectivity index (χ3n) is 3.73. The lowest BCUT2D eigenvalue weighted by Gasteiger charge is -2.16. The first-order chi connectivity index (χ1) is 12.7. The molecule has 0 unspecified atom stereocenters. The molecule has 1 aliphatic heterocycles. The minimum absolute atomic E-state index is 0.307. The smallest absolute Gasteiger partial charge is 0.269 e. The Hall–Kier alpha value is -3.07. The normalized spacial score (nSPS) is 12.7. The number of nitrogens with zero attached hydrogens (tertiary/aromatic N) is 2. The number of ether oxygens (including phenoxy) is 3. The van der Waals surface area contributed by atoms with Crippen molar-refractivity contribution >= 4 is 22.9 Å². The highest BCUT2D eigenvalue weighted by Crippen LogP contribution is 2.40. The average Bonchev–Trinajstić information content (AvgIpc) is 3.28. The summed E-state index contributed by atoms with van der Waals surface area (Å²) in [5.41, 5.74) is 1.17. The van der Waals surface area contributed by atoms with Crippen LogP contribution >= 0.6 is 11.3 Å². The SMILES string of the molecule is COc1ccc(-c2nnc(C)o2)cc1NC(=O)c1scc2c1OCCO2. The summed E-state index contributed by atoms with van der Waals surface area (Å²) in [6.07, 6.45) is 0. The molecule has 2 aromatic heterocycles. The Kier molecular flexibility index (Phi) is 4.21. The van der Waals surface area contributed by atoms with Gasteiger partial charge in [0.15, 0.2) is 11.5 Å². The van der Waals surface area contributed by atoms with Crippen molar-refractivity contribution in [2.75, 3.05) is 25.6 Å². The van der Waals surface area contributed by atoms with Crippen molar-refractivity contribution in [2.45, 2.75) is 6.92 Å². The summed E-state index contributed by atoms with van der Waals surface area (Å²) in [4.78, 5) is 13.2. The first kappa shape index (κ1) is 16.4. The number of carbonyl (C=O) groups is 1. The summed E-state index contributed by atoms with van der Waals surface area (Å²) in [5, 5.41) is 12.4. The third kappa shape index (κ3) is 2.97. The zero-order valence-corrected chi connectivity index (χ0v) is 14.9. The lowest BCUT2D eigenvalue weighted by atomic mass is 10.2. The molecule has 1 aromatic carbocycles. The number of rotatable bonds is 4. The van der Waals surface area contributed by atoms with Crippen LogP contribution in [0.25, 0.3) is 11.5 Å². The van der Waals surface area contributed by atoms with E-state index in [1.54, 1.807) is 30.5 Å². The molecule has 0 fully saturated rings. The number of hydrogen-bond donors (Lipinski definition) is 1. The number of methoxy groups -OCH3 is 1. The van der Waals surface area contributed by atoms with Crippen LogP contribution in [0.3, 0.4) is 0 Å². The molecule has 0 atom stereocenters. The summed E-state index contributed by atoms with van der Waals surface area (Å²) in [6.45, 7) is 2.61. The van der Waals surface area contributed by atoms with Gasteiger partial charge < -0.3 is 23.9 Å². The van der Waals surface area contributed by atoms with Gasteiger partial charge in [-0.1, -0.05) is 0 Å². The van der Waals surface area contributed by atoms with Crippen molar-refractivity contribution in [3.63, 3.8) is 0 Å². The quantitative estimate of drug-likeness (QED) is 0.750. The molecule has 3 heterocycles. The van der Waals surface area contributed by atoms with Gasteiger partial charge in [0.25, 0.3) is 5.91 Å². The maximum absolute atomic E-state index is 12.7. The summed E-state index contributed by atoms with van der Waals surface area (Å²) in [7, 11) is 1.53. The molecule has 3 aromatic rings. The zero-order valence-electron chi connectivity index (χ0n) is 14.1. The fourth-order valence-electron chi connectivity index (χ4n) is 2.55. The second-order valence-electron chi connectivity index (χ2n) is 5.45. The Labute approximate surface area is 152 Å². The monoisotopic (exact) mass is 373 g/mol. The molecule has 1 aliphatic rings. The first-order valence-corrected chi connectivity index (χ1v) is 8.70. The minimum Gasteiger partial charge on any atom is -0.495 e. The third-order valence-corrected chi connectivity index (χ3v) is 4.67. The van der Waals surface area contributed by atoms with E-state index >= 15 is 0 Å². The first-order valence-electron chi connectivity index (χ1n) is 7.82. The molecule has 4 rings (SSSR count). The number of aromatic nitrogens is 2. The van der Waals surface area contributed by atoms with E-state index in [-0.39, 0.29) is 5.91 Å². The number of benzene rings is 1. The Balaban J connectivity index is 1.64. The van der Waals surface area contributed by atoms with Crippen molar-refractivity contribution < 1.29 is 23.4 Å². The van der Waals surface area contributed by atoms with Crippen LogP contribution < -0.4 is 19.5 Å². The Bertz CT molecular complexity index is 965. The molecular weight excluding hydrogens is 358 g/mol. The second-order valence-corrected chi connectivity index (χ2v) is 6.33. The molecule has 26 heavy (non-hydrogen) atoms. The highest BCUT2D eigenvalue weighted by Gasteiger charge is 2.24. The van der Waals surface area contributed by atoms with Crippen molar-refractivity contribution in [1.29, 1.82) is 0 Å². The Morgan fingerprint density at radius 2 is 2.12 bits per heavy atom. The van der Waals surface area contributed by atoms with Gasteiger partial charge in [-0.2, -0.15) is 0 Å². The largest absolute Gasteiger partial charge is 0.495 e. The van der Waals surface area contributed by atoms with Crippen LogP contribution in [-0.4, -0.2) is 36.4 Å². The lowest BCUT2D eigenvalue weighted by Crippen LogP contribution is -2.18. The summed E-state index contributed by atoms with van der Waals surface area (Å²) >= 11 is 1.27. The van der Waals surface area contributed by atoms with E-state index in [1.807, 2.05) is 0 Å². The predicted octanol–water partition coefficient (Wildman–Crippen LogP) is 3.14. The fourth-order valence-corrected chi connectivity index (χ4v) is 3.38. The molecule has 0 saturated carbocycles. The number of hydrogen-bond acceptors (Lipinski definition) is 8. The molecule has 0 bridgehead atoms. The van der Waals surface area contributed by atoms with Gasteiger partial charge in [0.05, 0.1) is 12.8 Å². The average molecular weight is 373 g/mol. The van der Waals surface area contributed by atoms with Crippen LogP contribution in [0.1, 0.15) is 15.6 Å². The highest BCUT2D eigenvalue weighted by atomic mass is 32.1. The van der Waals surface area contributed by atoms with Gasteiger partial charge in [-0.05, 0) is 18.2 Å². The standard InChI is InChI=1S/C17H15N3O5S/c1-9-19-20-17(25-9)10-3-4-12(22-2)11(7-10)18-16(21)15-14-13(8-26-15)23-5-6-24-14/h3-4,7-8H,5-6H2,1-2H3,(H,18,21). The zero-order chi connectivity index (χ0) is 18.1. The summed E-state index contributed by atoms with van der Waals surface area (Å²) in [6, 6.07) is 5.24. The maximum Gasteiger partial charge on any atom is 0.269 e. The molecule has 1 amide bonds. The van der Waals surface area contributed by atoms with Gasteiger partial charge in [-0.3, -0.25) is 4.79 Å². The molecule has 1 N–H and O–H groups in total. The molecule has 0 radical (unpaired) electrons. The molecule has 0 aliphatic carbocycles. The van der Waals surface area contributed by atoms with Crippen LogP contribution in [0.4, 0.5) is 5.69 Å². The van der Waals surface area contributed by atoms with Crippen LogP contribution in [-0.2, 0) is 0 Å². The Morgan fingerprint density at radius 3 is 2.88 bits per heavy atom. The van der Waals surface area contributed by atoms with E-state index in [2.05, 4.69) is 15.5 Å². The maximum atomic E-state index is 12.7. The van der Waals surface area contributed by atoms with E-state index in [9.17, 15) is 4.79 Å². The van der Waals surface area contributed by atoms with E-state index in [1.165, 1.54) is 18.4 Å². The van der Waals surface area contributed by atoms with Crippen LogP contribution in [0.2, 0.25) is 0 Å². The number of thiophene rings is 1. The fraction of sp³-hybridized carbons (Fsp3) is 0.235. The lowest BCUT2D eigenvalue weighted by molar-refractivity contribution is 0.102. The molecule has 0 saturated heterocycles. The number of anilines is 1. The van der Waals surface area contributed by atoms with E-state index in [0.29, 0.717) is 58.4 Å². The van der Waals surface area contributed by atoms with E-state index < -0.39 is 0 Å². The number of amides is 1. The summed E-state index contributed by atoms with van der Waals surface area (Å²) in [5.74, 6) is 2.10. The minimum atomic E-state index is -0.307. The number of carbonyl (C=O) groups excluding carboxylic acids is 1. The van der Waals surface area contributed by atoms with Crippen molar-refractivity contribution in [2.24, 2.45) is 0 Å². The van der Waals surface area contributed by atoms with Gasteiger partial charge >= 0.3 is 0 Å². The van der Waals surface area contributed by atoms with Gasteiger partial charge in [-0.25, -0.2) is 0 Å². The molecule has 9 heteroatoms. The van der Waals surface area contributed by atoms with Crippen LogP contribution in [0.15, 0.2) is 28.0 Å². The van der Waals surface area contributed by atoms with Crippen molar-refractivity contribution in [3.05, 3.63) is 34.3 Å². The van der Waals surface area contributed by atoms with Gasteiger partial charge in [0.2, 0.25) is 11.8 Å². The molecule has 8 nitrogen and oxygen atoms in total. The molecule has 134 valence electrons. The van der Waals surface area contributed by atoms with E-state index in [4.69, 9.17) is 18.6 Å². The topological polar surface area (TPSA) is 95.7 Å².